The number of aromatic nitrogens is 4. The van der Waals surface area contributed by atoms with E-state index in [4.69, 9.17) is 18.9 Å². The van der Waals surface area contributed by atoms with Gasteiger partial charge in [0.2, 0.25) is 11.9 Å². The standard InChI is InChI=1S/C30H31N7O6/c1-40-22-3-5-23(6-4-22)43-30(39)37-15-14-35(27-9-11-33-29(34-27)36-13-12-31-20-36)19-24(37)28(38)32-10-8-21-2-7-25-26(18-21)42-17-16-41-25/h2-7,9,11-13,18,20,24H,8,10,14-17,19H2,1H3,(H,32,38). The first-order chi connectivity index (χ1) is 21.1. The Kier molecular flexibility index (Phi) is 8.20. The van der Waals surface area contributed by atoms with Gasteiger partial charge >= 0.3 is 6.09 Å². The minimum atomic E-state index is -0.827. The number of carbonyl (C=O) groups excluding carboxylic acids is 2. The van der Waals surface area contributed by atoms with Crippen LogP contribution >= 0.6 is 0 Å². The molecular formula is C30H31N7O6. The second-order valence-electron chi connectivity index (χ2n) is 9.90. The van der Waals surface area contributed by atoms with Crippen molar-refractivity contribution in [2.24, 2.45) is 0 Å². The molecule has 0 bridgehead atoms. The fourth-order valence-electron chi connectivity index (χ4n) is 4.95. The van der Waals surface area contributed by atoms with Crippen LogP contribution in [0, 0.1) is 0 Å². The van der Waals surface area contributed by atoms with Crippen LogP contribution in [-0.2, 0) is 11.2 Å². The molecule has 13 nitrogen and oxygen atoms in total. The van der Waals surface area contributed by atoms with Gasteiger partial charge in [0.05, 0.1) is 7.11 Å². The van der Waals surface area contributed by atoms with Crippen LogP contribution in [0.4, 0.5) is 10.6 Å². The number of carbonyl (C=O) groups is 2. The summed E-state index contributed by atoms with van der Waals surface area (Å²) in [6.45, 7) is 2.31. The molecule has 1 atom stereocenters. The fourth-order valence-corrected chi connectivity index (χ4v) is 4.95. The summed E-state index contributed by atoms with van der Waals surface area (Å²) in [4.78, 5) is 43.4. The number of anilines is 1. The van der Waals surface area contributed by atoms with E-state index in [1.165, 1.54) is 4.90 Å². The minimum absolute atomic E-state index is 0.216. The zero-order valence-electron chi connectivity index (χ0n) is 23.6. The van der Waals surface area contributed by atoms with Crippen LogP contribution in [0.1, 0.15) is 5.56 Å². The van der Waals surface area contributed by atoms with Crippen molar-refractivity contribution in [1.82, 2.24) is 29.7 Å². The summed E-state index contributed by atoms with van der Waals surface area (Å²) in [7, 11) is 1.56. The number of nitrogens with one attached hydrogen (secondary N) is 1. The number of nitrogens with zero attached hydrogens (tertiary/aromatic N) is 6. The van der Waals surface area contributed by atoms with Gasteiger partial charge in [-0.15, -0.1) is 0 Å². The molecule has 1 fully saturated rings. The summed E-state index contributed by atoms with van der Waals surface area (Å²) in [5.41, 5.74) is 0.999. The van der Waals surface area contributed by atoms with Crippen molar-refractivity contribution >= 4 is 17.8 Å². The quantitative estimate of drug-likeness (QED) is 0.329. The molecule has 0 spiro atoms. The Morgan fingerprint density at radius 3 is 2.60 bits per heavy atom. The molecule has 1 saturated heterocycles. The first-order valence-electron chi connectivity index (χ1n) is 13.9. The van der Waals surface area contributed by atoms with Crippen molar-refractivity contribution in [2.75, 3.05) is 51.4 Å². The lowest BCUT2D eigenvalue weighted by Crippen LogP contribution is -2.61. The Balaban J connectivity index is 1.16. The van der Waals surface area contributed by atoms with Gasteiger partial charge in [-0.1, -0.05) is 6.07 Å². The lowest BCUT2D eigenvalue weighted by atomic mass is 10.1. The summed E-state index contributed by atoms with van der Waals surface area (Å²) in [5, 5.41) is 3.00. The Morgan fingerprint density at radius 2 is 1.81 bits per heavy atom. The van der Waals surface area contributed by atoms with Crippen LogP contribution in [0.15, 0.2) is 73.4 Å². The molecule has 0 radical (unpaired) electrons. The molecule has 2 amide bonds. The van der Waals surface area contributed by atoms with E-state index in [9.17, 15) is 9.59 Å². The maximum Gasteiger partial charge on any atom is 0.416 e. The van der Waals surface area contributed by atoms with Crippen molar-refractivity contribution in [2.45, 2.75) is 12.5 Å². The number of amides is 2. The van der Waals surface area contributed by atoms with E-state index >= 15 is 0 Å². The number of methoxy groups -OCH3 is 1. The third-order valence-electron chi connectivity index (χ3n) is 7.19. The number of hydrogen-bond acceptors (Lipinski definition) is 10. The molecule has 0 aliphatic carbocycles. The molecule has 13 heteroatoms. The van der Waals surface area contributed by atoms with Crippen LogP contribution in [0.2, 0.25) is 0 Å². The van der Waals surface area contributed by atoms with Crippen LogP contribution in [-0.4, -0.2) is 89.0 Å². The highest BCUT2D eigenvalue weighted by Gasteiger charge is 2.37. The first kappa shape index (κ1) is 27.8. The average Bonchev–Trinajstić information content (AvgIpc) is 3.60. The topological polar surface area (TPSA) is 133 Å². The van der Waals surface area contributed by atoms with Gasteiger partial charge in [-0.2, -0.15) is 4.98 Å². The second kappa shape index (κ2) is 12.7. The van der Waals surface area contributed by atoms with Gasteiger partial charge in [-0.25, -0.2) is 14.8 Å². The van der Waals surface area contributed by atoms with Gasteiger partial charge in [0, 0.05) is 44.8 Å². The van der Waals surface area contributed by atoms with Gasteiger partial charge in [-0.3, -0.25) is 14.3 Å². The Morgan fingerprint density at radius 1 is 1.00 bits per heavy atom. The molecule has 1 N–H and O–H groups in total. The number of ether oxygens (including phenoxy) is 4. The average molecular weight is 586 g/mol. The molecule has 222 valence electrons. The number of imidazole rings is 1. The Hall–Kier alpha value is -5.33. The zero-order chi connectivity index (χ0) is 29.6. The third kappa shape index (κ3) is 6.45. The molecule has 2 aromatic carbocycles. The molecule has 43 heavy (non-hydrogen) atoms. The highest BCUT2D eigenvalue weighted by atomic mass is 16.6. The summed E-state index contributed by atoms with van der Waals surface area (Å²) < 4.78 is 23.8. The summed E-state index contributed by atoms with van der Waals surface area (Å²) >= 11 is 0. The lowest BCUT2D eigenvalue weighted by molar-refractivity contribution is -0.125. The maximum atomic E-state index is 13.6. The predicted molar refractivity (Wildman–Crippen MR) is 155 cm³/mol. The lowest BCUT2D eigenvalue weighted by Gasteiger charge is -2.40. The molecule has 1 unspecified atom stereocenters. The summed E-state index contributed by atoms with van der Waals surface area (Å²) in [6, 6.07) is 13.4. The summed E-state index contributed by atoms with van der Waals surface area (Å²) in [5.74, 6) is 3.21. The van der Waals surface area contributed by atoms with Gasteiger partial charge in [0.15, 0.2) is 11.5 Å². The van der Waals surface area contributed by atoms with Crippen molar-refractivity contribution in [1.29, 1.82) is 0 Å². The molecular weight excluding hydrogens is 554 g/mol. The highest BCUT2D eigenvalue weighted by molar-refractivity contribution is 5.87. The van der Waals surface area contributed by atoms with Crippen molar-refractivity contribution in [3.05, 3.63) is 79.0 Å². The van der Waals surface area contributed by atoms with Crippen molar-refractivity contribution in [3.8, 4) is 28.9 Å². The SMILES string of the molecule is COc1ccc(OC(=O)N2CCN(c3ccnc(-n4ccnc4)n3)CC2C(=O)NCCc2ccc3c(c2)OCCO3)cc1. The molecule has 6 rings (SSSR count). The Bertz CT molecular complexity index is 1560. The van der Waals surface area contributed by atoms with E-state index in [-0.39, 0.29) is 19.0 Å². The zero-order valence-corrected chi connectivity index (χ0v) is 23.6. The van der Waals surface area contributed by atoms with E-state index < -0.39 is 12.1 Å². The van der Waals surface area contributed by atoms with Gasteiger partial charge in [0.25, 0.3) is 0 Å². The van der Waals surface area contributed by atoms with Gasteiger partial charge in [-0.05, 0) is 54.4 Å². The Labute approximate surface area is 248 Å². The van der Waals surface area contributed by atoms with E-state index in [0.29, 0.717) is 67.5 Å². The smallest absolute Gasteiger partial charge is 0.416 e. The van der Waals surface area contributed by atoms with E-state index in [1.54, 1.807) is 66.9 Å². The highest BCUT2D eigenvalue weighted by Crippen LogP contribution is 2.31. The van der Waals surface area contributed by atoms with Crippen LogP contribution in [0.25, 0.3) is 5.95 Å². The van der Waals surface area contributed by atoms with Crippen LogP contribution in [0.5, 0.6) is 23.0 Å². The number of benzene rings is 2. The number of hydrogen-bond donors (Lipinski definition) is 1. The normalized spacial score (nSPS) is 16.0. The van der Waals surface area contributed by atoms with Gasteiger partial charge < -0.3 is 29.2 Å². The van der Waals surface area contributed by atoms with Crippen LogP contribution < -0.4 is 29.2 Å². The predicted octanol–water partition coefficient (Wildman–Crippen LogP) is 2.49. The van der Waals surface area contributed by atoms with Crippen molar-refractivity contribution < 1.29 is 28.5 Å². The van der Waals surface area contributed by atoms with E-state index in [0.717, 1.165) is 5.56 Å². The van der Waals surface area contributed by atoms with E-state index in [1.807, 2.05) is 23.1 Å². The van der Waals surface area contributed by atoms with Gasteiger partial charge in [0.1, 0.15) is 42.9 Å². The number of fused-ring (bicyclic) bond motifs is 1. The summed E-state index contributed by atoms with van der Waals surface area (Å²) in [6.07, 6.45) is 6.64. The second-order valence-corrected chi connectivity index (χ2v) is 9.90. The van der Waals surface area contributed by atoms with Crippen molar-refractivity contribution in [3.63, 3.8) is 0 Å². The fraction of sp³-hybridized carbons (Fsp3) is 0.300. The first-order valence-corrected chi connectivity index (χ1v) is 13.9. The molecule has 0 saturated carbocycles. The molecule has 2 aromatic heterocycles. The maximum absolute atomic E-state index is 13.6. The molecule has 2 aliphatic rings. The van der Waals surface area contributed by atoms with Crippen LogP contribution in [0.3, 0.4) is 0 Å². The number of piperazine rings is 1. The molecule has 4 heterocycles. The van der Waals surface area contributed by atoms with E-state index in [2.05, 4.69) is 20.3 Å². The molecule has 4 aromatic rings. The monoisotopic (exact) mass is 585 g/mol. The third-order valence-corrected chi connectivity index (χ3v) is 7.19. The molecule has 2 aliphatic heterocycles. The largest absolute Gasteiger partial charge is 0.497 e. The minimum Gasteiger partial charge on any atom is -0.497 e. The number of rotatable bonds is 8.